The van der Waals surface area contributed by atoms with Gasteiger partial charge in [-0.25, -0.2) is 8.78 Å². The van der Waals surface area contributed by atoms with E-state index in [1.54, 1.807) is 30.3 Å². The molecule has 1 amide bonds. The second kappa shape index (κ2) is 9.09. The molecule has 0 unspecified atom stereocenters. The zero-order chi connectivity index (χ0) is 20.9. The minimum absolute atomic E-state index is 0.229. The summed E-state index contributed by atoms with van der Waals surface area (Å²) in [5, 5.41) is 2.78. The fraction of sp³-hybridized carbons (Fsp3) is 0.261. The number of nitrogens with one attached hydrogen (secondary N) is 1. The number of halogens is 2. The van der Waals surface area contributed by atoms with Gasteiger partial charge in [0.1, 0.15) is 17.4 Å². The Balaban J connectivity index is 1.26. The first-order chi connectivity index (χ1) is 14.6. The Morgan fingerprint density at radius 3 is 2.17 bits per heavy atom. The number of amides is 1. The van der Waals surface area contributed by atoms with Crippen LogP contribution in [0.3, 0.4) is 0 Å². The number of furan rings is 1. The van der Waals surface area contributed by atoms with Gasteiger partial charge in [0.25, 0.3) is 5.91 Å². The summed E-state index contributed by atoms with van der Waals surface area (Å²) in [6.07, 6.45) is 0. The molecule has 4 rings (SSSR count). The molecule has 2 aromatic carbocycles. The van der Waals surface area contributed by atoms with Gasteiger partial charge in [-0.3, -0.25) is 9.69 Å². The van der Waals surface area contributed by atoms with Crippen molar-refractivity contribution in [3.63, 3.8) is 0 Å². The fourth-order valence-electron chi connectivity index (χ4n) is 3.49. The topological polar surface area (TPSA) is 48.7 Å². The van der Waals surface area contributed by atoms with Gasteiger partial charge >= 0.3 is 0 Å². The number of carbonyl (C=O) groups excluding carboxylic acids is 1. The molecule has 0 aliphatic carbocycles. The average molecular weight is 411 g/mol. The highest BCUT2D eigenvalue weighted by molar-refractivity contribution is 5.91. The molecular weight excluding hydrogens is 388 g/mol. The molecule has 2 heterocycles. The van der Waals surface area contributed by atoms with Crippen molar-refractivity contribution < 1.29 is 18.0 Å². The maximum atomic E-state index is 13.1. The van der Waals surface area contributed by atoms with Gasteiger partial charge in [-0.2, -0.15) is 0 Å². The molecule has 0 radical (unpaired) electrons. The van der Waals surface area contributed by atoms with Crippen LogP contribution in [0.5, 0.6) is 0 Å². The standard InChI is InChI=1S/C23H23F2N3O2/c24-18-3-1-17(2-4-18)15-26-23(29)22-10-9-21(30-22)16-27-11-13-28(14-12-27)20-7-5-19(25)6-8-20/h1-10H,11-16H2,(H,26,29). The number of rotatable bonds is 6. The van der Waals surface area contributed by atoms with Crippen molar-refractivity contribution in [3.8, 4) is 0 Å². The molecule has 0 saturated carbocycles. The van der Waals surface area contributed by atoms with E-state index < -0.39 is 0 Å². The molecule has 1 aliphatic heterocycles. The minimum atomic E-state index is -0.306. The lowest BCUT2D eigenvalue weighted by molar-refractivity contribution is 0.0919. The van der Waals surface area contributed by atoms with Gasteiger partial charge in [-0.05, 0) is 54.1 Å². The van der Waals surface area contributed by atoms with Crippen LogP contribution in [0, 0.1) is 11.6 Å². The highest BCUT2D eigenvalue weighted by atomic mass is 19.1. The monoisotopic (exact) mass is 411 g/mol. The van der Waals surface area contributed by atoms with E-state index >= 15 is 0 Å². The molecule has 5 nitrogen and oxygen atoms in total. The van der Waals surface area contributed by atoms with E-state index in [1.807, 2.05) is 6.07 Å². The molecule has 1 saturated heterocycles. The van der Waals surface area contributed by atoms with Gasteiger partial charge in [0.05, 0.1) is 6.54 Å². The van der Waals surface area contributed by atoms with E-state index in [-0.39, 0.29) is 23.3 Å². The molecular formula is C23H23F2N3O2. The van der Waals surface area contributed by atoms with Crippen LogP contribution in [0.15, 0.2) is 65.1 Å². The Morgan fingerprint density at radius 2 is 1.50 bits per heavy atom. The zero-order valence-corrected chi connectivity index (χ0v) is 16.5. The molecule has 1 aliphatic rings. The van der Waals surface area contributed by atoms with E-state index in [1.165, 1.54) is 24.3 Å². The number of benzene rings is 2. The Morgan fingerprint density at radius 1 is 0.867 bits per heavy atom. The first-order valence-corrected chi connectivity index (χ1v) is 9.91. The number of anilines is 1. The highest BCUT2D eigenvalue weighted by Crippen LogP contribution is 2.18. The zero-order valence-electron chi connectivity index (χ0n) is 16.5. The summed E-state index contributed by atoms with van der Waals surface area (Å²) in [5.41, 5.74) is 1.84. The van der Waals surface area contributed by atoms with E-state index in [2.05, 4.69) is 15.1 Å². The Hall–Kier alpha value is -3.19. The molecule has 1 N–H and O–H groups in total. The van der Waals surface area contributed by atoms with Crippen LogP contribution < -0.4 is 10.2 Å². The van der Waals surface area contributed by atoms with Crippen LogP contribution >= 0.6 is 0 Å². The lowest BCUT2D eigenvalue weighted by Crippen LogP contribution is -2.45. The van der Waals surface area contributed by atoms with Crippen LogP contribution in [0.25, 0.3) is 0 Å². The van der Waals surface area contributed by atoms with Crippen molar-refractivity contribution >= 4 is 11.6 Å². The molecule has 1 aromatic heterocycles. The quantitative estimate of drug-likeness (QED) is 0.670. The molecule has 0 atom stereocenters. The van der Waals surface area contributed by atoms with Crippen molar-refractivity contribution in [2.24, 2.45) is 0 Å². The normalized spacial score (nSPS) is 14.7. The van der Waals surface area contributed by atoms with Gasteiger partial charge in [0.15, 0.2) is 5.76 Å². The summed E-state index contributed by atoms with van der Waals surface area (Å²) < 4.78 is 31.7. The first kappa shape index (κ1) is 20.1. The second-order valence-electron chi connectivity index (χ2n) is 7.31. The number of hydrogen-bond donors (Lipinski definition) is 1. The van der Waals surface area contributed by atoms with Crippen molar-refractivity contribution in [2.45, 2.75) is 13.1 Å². The molecule has 0 spiro atoms. The van der Waals surface area contributed by atoms with Crippen LogP contribution in [-0.4, -0.2) is 37.0 Å². The Kier molecular flexibility index (Phi) is 6.09. The third-order valence-corrected chi connectivity index (χ3v) is 5.20. The Labute approximate surface area is 173 Å². The molecule has 0 bridgehead atoms. The van der Waals surface area contributed by atoms with Crippen molar-refractivity contribution in [1.29, 1.82) is 0 Å². The van der Waals surface area contributed by atoms with Gasteiger partial charge in [0.2, 0.25) is 0 Å². The maximum Gasteiger partial charge on any atom is 0.287 e. The van der Waals surface area contributed by atoms with E-state index in [9.17, 15) is 13.6 Å². The highest BCUT2D eigenvalue weighted by Gasteiger charge is 2.19. The molecule has 156 valence electrons. The van der Waals surface area contributed by atoms with Crippen LogP contribution in [0.1, 0.15) is 21.9 Å². The molecule has 30 heavy (non-hydrogen) atoms. The summed E-state index contributed by atoms with van der Waals surface area (Å²) in [7, 11) is 0. The Bertz CT molecular complexity index is 978. The van der Waals surface area contributed by atoms with Gasteiger partial charge < -0.3 is 14.6 Å². The summed E-state index contributed by atoms with van der Waals surface area (Å²) in [4.78, 5) is 16.8. The third-order valence-electron chi connectivity index (χ3n) is 5.20. The maximum absolute atomic E-state index is 13.1. The summed E-state index contributed by atoms with van der Waals surface area (Å²) >= 11 is 0. The predicted octanol–water partition coefficient (Wildman–Crippen LogP) is 3.81. The fourth-order valence-corrected chi connectivity index (χ4v) is 3.49. The number of carbonyl (C=O) groups is 1. The summed E-state index contributed by atoms with van der Waals surface area (Å²) in [5.74, 6) is 0.160. The average Bonchev–Trinajstić information content (AvgIpc) is 3.23. The summed E-state index contributed by atoms with van der Waals surface area (Å²) in [6.45, 7) is 4.33. The molecule has 7 heteroatoms. The minimum Gasteiger partial charge on any atom is -0.455 e. The molecule has 3 aromatic rings. The number of hydrogen-bond acceptors (Lipinski definition) is 4. The van der Waals surface area contributed by atoms with E-state index in [0.717, 1.165) is 43.2 Å². The van der Waals surface area contributed by atoms with Crippen LogP contribution in [0.2, 0.25) is 0 Å². The molecule has 1 fully saturated rings. The number of nitrogens with zero attached hydrogens (tertiary/aromatic N) is 2. The van der Waals surface area contributed by atoms with E-state index in [4.69, 9.17) is 4.42 Å². The van der Waals surface area contributed by atoms with Gasteiger partial charge in [0, 0.05) is 38.4 Å². The van der Waals surface area contributed by atoms with Crippen molar-refractivity contribution in [1.82, 2.24) is 10.2 Å². The first-order valence-electron chi connectivity index (χ1n) is 9.91. The van der Waals surface area contributed by atoms with Crippen molar-refractivity contribution in [2.75, 3.05) is 31.1 Å². The third kappa shape index (κ3) is 5.04. The largest absolute Gasteiger partial charge is 0.455 e. The van der Waals surface area contributed by atoms with Crippen LogP contribution in [0.4, 0.5) is 14.5 Å². The SMILES string of the molecule is O=C(NCc1ccc(F)cc1)c1ccc(CN2CCN(c3ccc(F)cc3)CC2)o1. The van der Waals surface area contributed by atoms with E-state index in [0.29, 0.717) is 13.1 Å². The predicted molar refractivity (Wildman–Crippen MR) is 110 cm³/mol. The smallest absolute Gasteiger partial charge is 0.287 e. The lowest BCUT2D eigenvalue weighted by atomic mass is 10.2. The second-order valence-corrected chi connectivity index (χ2v) is 7.31. The summed E-state index contributed by atoms with van der Waals surface area (Å²) in [6, 6.07) is 16.0. The van der Waals surface area contributed by atoms with Crippen LogP contribution in [-0.2, 0) is 13.1 Å². The van der Waals surface area contributed by atoms with Crippen molar-refractivity contribution in [3.05, 3.63) is 89.4 Å². The van der Waals surface area contributed by atoms with Gasteiger partial charge in [-0.1, -0.05) is 12.1 Å². The number of piperazine rings is 1. The lowest BCUT2D eigenvalue weighted by Gasteiger charge is -2.35. The van der Waals surface area contributed by atoms with Gasteiger partial charge in [-0.15, -0.1) is 0 Å².